The van der Waals surface area contributed by atoms with Crippen molar-refractivity contribution in [2.75, 3.05) is 19.4 Å². The van der Waals surface area contributed by atoms with Crippen LogP contribution in [-0.2, 0) is 19.6 Å². The standard InChI is InChI=1S/C11H15ClN2O5S/c1-6-3-7(12)8(13)4-10(6)20(17,18)14-5-9(15)11(16)19-2/h3-4,9,14-15H,5,13H2,1-2H3. The number of nitrogens with two attached hydrogens (primary N) is 1. The van der Waals surface area contributed by atoms with E-state index >= 15 is 0 Å². The summed E-state index contributed by atoms with van der Waals surface area (Å²) in [6.07, 6.45) is -1.58. The monoisotopic (exact) mass is 322 g/mol. The van der Waals surface area contributed by atoms with Gasteiger partial charge in [0.2, 0.25) is 10.0 Å². The molecule has 20 heavy (non-hydrogen) atoms. The zero-order chi connectivity index (χ0) is 15.5. The van der Waals surface area contributed by atoms with Gasteiger partial charge in [-0.25, -0.2) is 17.9 Å². The second-order valence-electron chi connectivity index (χ2n) is 4.03. The number of sulfonamides is 1. The zero-order valence-corrected chi connectivity index (χ0v) is 12.5. The maximum absolute atomic E-state index is 12.1. The first kappa shape index (κ1) is 16.7. The Hall–Kier alpha value is -1.35. The van der Waals surface area contributed by atoms with Crippen molar-refractivity contribution in [3.63, 3.8) is 0 Å². The van der Waals surface area contributed by atoms with E-state index in [9.17, 15) is 18.3 Å². The number of hydrogen-bond acceptors (Lipinski definition) is 6. The summed E-state index contributed by atoms with van der Waals surface area (Å²) in [4.78, 5) is 10.9. The van der Waals surface area contributed by atoms with Crippen molar-refractivity contribution in [3.8, 4) is 0 Å². The highest BCUT2D eigenvalue weighted by Gasteiger charge is 2.22. The lowest BCUT2D eigenvalue weighted by molar-refractivity contribution is -0.149. The van der Waals surface area contributed by atoms with Crippen LogP contribution in [0.1, 0.15) is 5.56 Å². The van der Waals surface area contributed by atoms with Gasteiger partial charge in [0.15, 0.2) is 6.10 Å². The summed E-state index contributed by atoms with van der Waals surface area (Å²) < 4.78 is 30.5. The number of carbonyl (C=O) groups is 1. The second-order valence-corrected chi connectivity index (χ2v) is 6.17. The smallest absolute Gasteiger partial charge is 0.336 e. The zero-order valence-electron chi connectivity index (χ0n) is 10.9. The lowest BCUT2D eigenvalue weighted by atomic mass is 10.2. The molecule has 0 saturated carbocycles. The average molecular weight is 323 g/mol. The molecule has 9 heteroatoms. The Morgan fingerprint density at radius 3 is 2.70 bits per heavy atom. The normalized spacial score (nSPS) is 13.0. The van der Waals surface area contributed by atoms with Crippen LogP contribution in [0, 0.1) is 6.92 Å². The summed E-state index contributed by atoms with van der Waals surface area (Å²) in [6.45, 7) is 1.05. The molecule has 0 spiro atoms. The first-order chi connectivity index (χ1) is 9.19. The molecule has 0 amide bonds. The summed E-state index contributed by atoms with van der Waals surface area (Å²) in [7, 11) is -2.84. The number of aliphatic hydroxyl groups is 1. The molecule has 0 radical (unpaired) electrons. The number of benzene rings is 1. The number of aryl methyl sites for hydroxylation is 1. The van der Waals surface area contributed by atoms with E-state index in [1.54, 1.807) is 6.92 Å². The Kier molecular flexibility index (Phi) is 5.35. The number of nitrogen functional groups attached to an aromatic ring is 1. The lowest BCUT2D eigenvalue weighted by Gasteiger charge is -2.13. The summed E-state index contributed by atoms with van der Waals surface area (Å²) in [5.41, 5.74) is 6.07. The molecule has 1 rings (SSSR count). The minimum Gasteiger partial charge on any atom is -0.467 e. The Morgan fingerprint density at radius 1 is 1.55 bits per heavy atom. The summed E-state index contributed by atoms with van der Waals surface area (Å²) in [5, 5.41) is 9.59. The van der Waals surface area contributed by atoms with Gasteiger partial charge < -0.3 is 15.6 Å². The molecular formula is C11H15ClN2O5S. The molecule has 112 valence electrons. The van der Waals surface area contributed by atoms with Crippen molar-refractivity contribution in [1.82, 2.24) is 4.72 Å². The first-order valence-electron chi connectivity index (χ1n) is 5.50. The van der Waals surface area contributed by atoms with Crippen LogP contribution in [-0.4, -0.2) is 39.3 Å². The third kappa shape index (κ3) is 3.83. The number of esters is 1. The molecule has 1 aromatic rings. The highest BCUT2D eigenvalue weighted by Crippen LogP contribution is 2.25. The number of halogens is 1. The van der Waals surface area contributed by atoms with Crippen molar-refractivity contribution < 1.29 is 23.1 Å². The van der Waals surface area contributed by atoms with Crippen molar-refractivity contribution in [2.45, 2.75) is 17.9 Å². The molecule has 0 aliphatic carbocycles. The summed E-state index contributed by atoms with van der Waals surface area (Å²) >= 11 is 5.78. The quantitative estimate of drug-likeness (QED) is 0.520. The highest BCUT2D eigenvalue weighted by molar-refractivity contribution is 7.89. The number of hydrogen-bond donors (Lipinski definition) is 3. The lowest BCUT2D eigenvalue weighted by Crippen LogP contribution is -2.37. The maximum Gasteiger partial charge on any atom is 0.336 e. The average Bonchev–Trinajstić information content (AvgIpc) is 2.39. The predicted octanol–water partition coefficient (Wildman–Crippen LogP) is 0.0428. The van der Waals surface area contributed by atoms with Gasteiger partial charge in [0, 0.05) is 6.54 Å². The molecule has 1 aromatic carbocycles. The summed E-state index contributed by atoms with van der Waals surface area (Å²) in [5.74, 6) is -0.931. The third-order valence-corrected chi connectivity index (χ3v) is 4.42. The number of anilines is 1. The number of carbonyl (C=O) groups excluding carboxylic acids is 1. The van der Waals surface area contributed by atoms with E-state index in [4.69, 9.17) is 17.3 Å². The van der Waals surface area contributed by atoms with E-state index in [0.29, 0.717) is 5.56 Å². The van der Waals surface area contributed by atoms with Crippen LogP contribution in [0.15, 0.2) is 17.0 Å². The molecule has 0 heterocycles. The molecule has 0 fully saturated rings. The number of methoxy groups -OCH3 is 1. The number of rotatable bonds is 5. The number of ether oxygens (including phenoxy) is 1. The molecule has 0 aliphatic rings. The predicted molar refractivity (Wildman–Crippen MR) is 73.8 cm³/mol. The van der Waals surface area contributed by atoms with Crippen molar-refractivity contribution >= 4 is 33.3 Å². The van der Waals surface area contributed by atoms with Crippen molar-refractivity contribution in [2.24, 2.45) is 0 Å². The van der Waals surface area contributed by atoms with Gasteiger partial charge in [-0.3, -0.25) is 0 Å². The topological polar surface area (TPSA) is 119 Å². The Balaban J connectivity index is 2.95. The van der Waals surface area contributed by atoms with E-state index in [1.807, 2.05) is 0 Å². The molecule has 4 N–H and O–H groups in total. The molecule has 0 aliphatic heterocycles. The van der Waals surface area contributed by atoms with E-state index in [1.165, 1.54) is 12.1 Å². The Bertz CT molecular complexity index is 617. The van der Waals surface area contributed by atoms with E-state index in [2.05, 4.69) is 9.46 Å². The first-order valence-corrected chi connectivity index (χ1v) is 7.36. The van der Waals surface area contributed by atoms with Crippen LogP contribution in [0.5, 0.6) is 0 Å². The van der Waals surface area contributed by atoms with Gasteiger partial charge in [-0.2, -0.15) is 0 Å². The Morgan fingerprint density at radius 2 is 2.15 bits per heavy atom. The molecule has 0 bridgehead atoms. The van der Waals surface area contributed by atoms with Gasteiger partial charge in [0.1, 0.15) is 0 Å². The van der Waals surface area contributed by atoms with Gasteiger partial charge in [-0.1, -0.05) is 11.6 Å². The second kappa shape index (κ2) is 6.40. The third-order valence-electron chi connectivity index (χ3n) is 2.52. The number of nitrogens with one attached hydrogen (secondary N) is 1. The van der Waals surface area contributed by atoms with Gasteiger partial charge in [-0.05, 0) is 24.6 Å². The SMILES string of the molecule is COC(=O)C(O)CNS(=O)(=O)c1cc(N)c(Cl)cc1C. The van der Waals surface area contributed by atoms with Gasteiger partial charge >= 0.3 is 5.97 Å². The van der Waals surface area contributed by atoms with Crippen molar-refractivity contribution in [1.29, 1.82) is 0 Å². The fourth-order valence-electron chi connectivity index (χ4n) is 1.44. The van der Waals surface area contributed by atoms with Crippen LogP contribution >= 0.6 is 11.6 Å². The van der Waals surface area contributed by atoms with Crippen LogP contribution in [0.2, 0.25) is 5.02 Å². The summed E-state index contributed by atoms with van der Waals surface area (Å²) in [6, 6.07) is 2.63. The number of aliphatic hydroxyl groups excluding tert-OH is 1. The van der Waals surface area contributed by atoms with E-state index < -0.39 is 28.6 Å². The Labute approximate surface area is 121 Å². The molecule has 1 unspecified atom stereocenters. The van der Waals surface area contributed by atoms with Crippen LogP contribution in [0.25, 0.3) is 0 Å². The van der Waals surface area contributed by atoms with E-state index in [0.717, 1.165) is 7.11 Å². The van der Waals surface area contributed by atoms with Crippen LogP contribution in [0.3, 0.4) is 0 Å². The minimum atomic E-state index is -3.92. The van der Waals surface area contributed by atoms with Gasteiger partial charge in [-0.15, -0.1) is 0 Å². The van der Waals surface area contributed by atoms with E-state index in [-0.39, 0.29) is 15.6 Å². The molecule has 0 aromatic heterocycles. The van der Waals surface area contributed by atoms with Crippen molar-refractivity contribution in [3.05, 3.63) is 22.7 Å². The molecular weight excluding hydrogens is 308 g/mol. The molecule has 1 atom stereocenters. The maximum atomic E-state index is 12.1. The largest absolute Gasteiger partial charge is 0.467 e. The van der Waals surface area contributed by atoms with Crippen LogP contribution < -0.4 is 10.5 Å². The fourth-order valence-corrected chi connectivity index (χ4v) is 2.96. The van der Waals surface area contributed by atoms with Crippen LogP contribution in [0.4, 0.5) is 5.69 Å². The fraction of sp³-hybridized carbons (Fsp3) is 0.364. The van der Waals surface area contributed by atoms with Gasteiger partial charge in [0.05, 0.1) is 22.7 Å². The highest BCUT2D eigenvalue weighted by atomic mass is 35.5. The van der Waals surface area contributed by atoms with Gasteiger partial charge in [0.25, 0.3) is 0 Å². The molecule has 7 nitrogen and oxygen atoms in total. The molecule has 0 saturated heterocycles. The minimum absolute atomic E-state index is 0.0727.